The Balaban J connectivity index is 1.62. The van der Waals surface area contributed by atoms with Crippen LogP contribution in [0.2, 0.25) is 0 Å². The Kier molecular flexibility index (Phi) is 4.79. The van der Waals surface area contributed by atoms with Crippen molar-refractivity contribution in [2.75, 3.05) is 17.2 Å². The molecule has 2 aliphatic rings. The molecule has 6 nitrogen and oxygen atoms in total. The summed E-state index contributed by atoms with van der Waals surface area (Å²) in [4.78, 5) is 25.0. The van der Waals surface area contributed by atoms with Crippen LogP contribution in [0.5, 0.6) is 0 Å². The van der Waals surface area contributed by atoms with Crippen LogP contribution in [0.15, 0.2) is 59.5 Å². The van der Waals surface area contributed by atoms with Crippen molar-refractivity contribution in [1.82, 2.24) is 4.31 Å². The van der Waals surface area contributed by atoms with Gasteiger partial charge < -0.3 is 0 Å². The molecule has 4 rings (SSSR count). The summed E-state index contributed by atoms with van der Waals surface area (Å²) in [7, 11) is -3.68. The maximum Gasteiger partial charge on any atom is 0.244 e. The number of rotatable bonds is 4. The summed E-state index contributed by atoms with van der Waals surface area (Å²) in [6.45, 7) is 0.442. The molecule has 2 fully saturated rings. The molecule has 140 valence electrons. The molecule has 27 heavy (non-hydrogen) atoms. The van der Waals surface area contributed by atoms with Crippen LogP contribution < -0.4 is 4.90 Å². The first-order valence-electron chi connectivity index (χ1n) is 8.63. The van der Waals surface area contributed by atoms with Crippen molar-refractivity contribution in [2.24, 2.45) is 0 Å². The maximum absolute atomic E-state index is 13.1. The van der Waals surface area contributed by atoms with E-state index in [2.05, 4.69) is 0 Å². The highest BCUT2D eigenvalue weighted by Gasteiger charge is 2.37. The van der Waals surface area contributed by atoms with Gasteiger partial charge in [-0.1, -0.05) is 30.3 Å². The van der Waals surface area contributed by atoms with Crippen molar-refractivity contribution in [3.63, 3.8) is 0 Å². The standard InChI is InChI=1S/C19H18N2O4S2/c22-17-10-11-18(23)21(17)15-6-8-16(9-7-15)27(24,25)20-12-13-26-19(20)14-4-2-1-3-5-14/h1-9,19H,10-13H2. The van der Waals surface area contributed by atoms with E-state index >= 15 is 0 Å². The minimum Gasteiger partial charge on any atom is -0.274 e. The summed E-state index contributed by atoms with van der Waals surface area (Å²) >= 11 is 1.60. The van der Waals surface area contributed by atoms with Crippen LogP contribution in [0.1, 0.15) is 23.8 Å². The zero-order valence-electron chi connectivity index (χ0n) is 14.4. The molecule has 0 bridgehead atoms. The molecule has 2 amide bonds. The average molecular weight is 402 g/mol. The van der Waals surface area contributed by atoms with E-state index in [1.54, 1.807) is 11.8 Å². The molecule has 0 saturated carbocycles. The minimum absolute atomic E-state index is 0.161. The van der Waals surface area contributed by atoms with Crippen LogP contribution in [0.3, 0.4) is 0 Å². The number of hydrogen-bond donors (Lipinski definition) is 0. The van der Waals surface area contributed by atoms with Crippen molar-refractivity contribution >= 4 is 39.3 Å². The SMILES string of the molecule is O=C1CCC(=O)N1c1ccc(S(=O)(=O)N2CCSC2c2ccccc2)cc1. The first-order valence-corrected chi connectivity index (χ1v) is 11.1. The number of sulfonamides is 1. The van der Waals surface area contributed by atoms with Gasteiger partial charge >= 0.3 is 0 Å². The Morgan fingerprint density at radius 2 is 1.52 bits per heavy atom. The second-order valence-electron chi connectivity index (χ2n) is 6.37. The Morgan fingerprint density at radius 3 is 2.15 bits per heavy atom. The molecule has 0 N–H and O–H groups in total. The van der Waals surface area contributed by atoms with Crippen molar-refractivity contribution in [3.05, 3.63) is 60.2 Å². The van der Waals surface area contributed by atoms with Crippen molar-refractivity contribution in [3.8, 4) is 0 Å². The average Bonchev–Trinajstić information content (AvgIpc) is 3.30. The number of amides is 2. The van der Waals surface area contributed by atoms with Crippen LogP contribution in [0.4, 0.5) is 5.69 Å². The lowest BCUT2D eigenvalue weighted by Crippen LogP contribution is -2.31. The number of carbonyl (C=O) groups excluding carboxylic acids is 2. The summed E-state index contributed by atoms with van der Waals surface area (Å²) in [5, 5.41) is -0.252. The first kappa shape index (κ1) is 18.2. The molecule has 0 aromatic heterocycles. The number of nitrogens with zero attached hydrogens (tertiary/aromatic N) is 2. The zero-order chi connectivity index (χ0) is 19.0. The van der Waals surface area contributed by atoms with Crippen LogP contribution >= 0.6 is 11.8 Å². The van der Waals surface area contributed by atoms with Crippen LogP contribution in [-0.4, -0.2) is 36.8 Å². The van der Waals surface area contributed by atoms with Gasteiger partial charge in [-0.2, -0.15) is 4.31 Å². The molecule has 0 spiro atoms. The van der Waals surface area contributed by atoms with Crippen molar-refractivity contribution in [2.45, 2.75) is 23.1 Å². The van der Waals surface area contributed by atoms with E-state index in [4.69, 9.17) is 0 Å². The summed E-state index contributed by atoms with van der Waals surface area (Å²) < 4.78 is 27.8. The summed E-state index contributed by atoms with van der Waals surface area (Å²) in [6, 6.07) is 15.5. The van der Waals surface area contributed by atoms with Crippen molar-refractivity contribution in [1.29, 1.82) is 0 Å². The molecular formula is C19H18N2O4S2. The highest BCUT2D eigenvalue weighted by Crippen LogP contribution is 2.41. The summed E-state index contributed by atoms with van der Waals surface area (Å²) in [5.74, 6) is 0.222. The van der Waals surface area contributed by atoms with Gasteiger partial charge in [0.15, 0.2) is 0 Å². The second kappa shape index (κ2) is 7.10. The van der Waals surface area contributed by atoms with E-state index in [1.807, 2.05) is 30.3 Å². The fourth-order valence-electron chi connectivity index (χ4n) is 3.35. The van der Waals surface area contributed by atoms with Gasteiger partial charge in [0, 0.05) is 25.1 Å². The Morgan fingerprint density at radius 1 is 0.889 bits per heavy atom. The molecular weight excluding hydrogens is 384 g/mol. The van der Waals surface area contributed by atoms with Crippen LogP contribution in [0, 0.1) is 0 Å². The fraction of sp³-hybridized carbons (Fsp3) is 0.263. The minimum atomic E-state index is -3.68. The lowest BCUT2D eigenvalue weighted by Gasteiger charge is -2.24. The highest BCUT2D eigenvalue weighted by molar-refractivity contribution is 8.01. The quantitative estimate of drug-likeness (QED) is 0.735. The lowest BCUT2D eigenvalue weighted by molar-refractivity contribution is -0.121. The van der Waals surface area contributed by atoms with Gasteiger partial charge in [0.25, 0.3) is 0 Å². The molecule has 8 heteroatoms. The third kappa shape index (κ3) is 3.28. The Bertz CT molecular complexity index is 959. The van der Waals surface area contributed by atoms with Gasteiger partial charge in [-0.15, -0.1) is 11.8 Å². The zero-order valence-corrected chi connectivity index (χ0v) is 16.1. The largest absolute Gasteiger partial charge is 0.274 e. The number of carbonyl (C=O) groups is 2. The van der Waals surface area contributed by atoms with Crippen LogP contribution in [0.25, 0.3) is 0 Å². The lowest BCUT2D eigenvalue weighted by atomic mass is 10.2. The second-order valence-corrected chi connectivity index (χ2v) is 9.45. The fourth-order valence-corrected chi connectivity index (χ4v) is 6.59. The molecule has 1 atom stereocenters. The van der Waals surface area contributed by atoms with Gasteiger partial charge in [0.05, 0.1) is 16.0 Å². The Labute approximate surface area is 162 Å². The van der Waals surface area contributed by atoms with Crippen LogP contribution in [-0.2, 0) is 19.6 Å². The van der Waals surface area contributed by atoms with Crippen molar-refractivity contribution < 1.29 is 18.0 Å². The molecule has 2 aromatic rings. The number of thioether (sulfide) groups is 1. The predicted octanol–water partition coefficient (Wildman–Crippen LogP) is 2.78. The molecule has 2 aliphatic heterocycles. The monoisotopic (exact) mass is 402 g/mol. The number of anilines is 1. The molecule has 1 unspecified atom stereocenters. The molecule has 0 radical (unpaired) electrons. The number of benzene rings is 2. The van der Waals surface area contributed by atoms with Gasteiger partial charge in [0.2, 0.25) is 21.8 Å². The third-order valence-electron chi connectivity index (χ3n) is 4.69. The van der Waals surface area contributed by atoms with Gasteiger partial charge in [0.1, 0.15) is 0 Å². The van der Waals surface area contributed by atoms with Gasteiger partial charge in [-0.05, 0) is 29.8 Å². The Hall–Kier alpha value is -2.16. The highest BCUT2D eigenvalue weighted by atomic mass is 32.2. The molecule has 2 saturated heterocycles. The molecule has 2 heterocycles. The first-order chi connectivity index (χ1) is 13.0. The number of hydrogen-bond acceptors (Lipinski definition) is 5. The third-order valence-corrected chi connectivity index (χ3v) is 7.96. The van der Waals surface area contributed by atoms with E-state index in [-0.39, 0.29) is 34.9 Å². The van der Waals surface area contributed by atoms with E-state index < -0.39 is 10.0 Å². The summed E-state index contributed by atoms with van der Waals surface area (Å²) in [5.41, 5.74) is 1.37. The topological polar surface area (TPSA) is 74.8 Å². The van der Waals surface area contributed by atoms with E-state index in [0.29, 0.717) is 12.2 Å². The van der Waals surface area contributed by atoms with E-state index in [1.165, 1.54) is 28.6 Å². The normalized spacial score (nSPS) is 21.2. The van der Waals surface area contributed by atoms with E-state index in [9.17, 15) is 18.0 Å². The van der Waals surface area contributed by atoms with E-state index in [0.717, 1.165) is 16.2 Å². The maximum atomic E-state index is 13.1. The molecule has 2 aromatic carbocycles. The summed E-state index contributed by atoms with van der Waals surface area (Å²) in [6.07, 6.45) is 0.394. The van der Waals surface area contributed by atoms with Gasteiger partial charge in [-0.25, -0.2) is 8.42 Å². The predicted molar refractivity (Wildman–Crippen MR) is 104 cm³/mol. The molecule has 0 aliphatic carbocycles. The van der Waals surface area contributed by atoms with Gasteiger partial charge in [-0.3, -0.25) is 14.5 Å². The number of imide groups is 1. The smallest absolute Gasteiger partial charge is 0.244 e.